The molecule has 3 aromatic rings. The lowest BCUT2D eigenvalue weighted by Crippen LogP contribution is -2.40. The van der Waals surface area contributed by atoms with Crippen LogP contribution in [0, 0.1) is 6.92 Å². The lowest BCUT2D eigenvalue weighted by molar-refractivity contribution is 0.0730. The highest BCUT2D eigenvalue weighted by Gasteiger charge is 2.28. The van der Waals surface area contributed by atoms with Crippen molar-refractivity contribution in [3.8, 4) is 0 Å². The molecule has 0 bridgehead atoms. The highest BCUT2D eigenvalue weighted by atomic mass is 32.2. The fourth-order valence-corrected chi connectivity index (χ4v) is 6.11. The molecule has 1 atom stereocenters. The average Bonchev–Trinajstić information content (AvgIpc) is 3.38. The molecule has 174 valence electrons. The number of nitrogens with zero attached hydrogens (tertiary/aromatic N) is 1. The van der Waals surface area contributed by atoms with Crippen LogP contribution in [0.5, 0.6) is 0 Å². The molecule has 4 rings (SSSR count). The number of benzene rings is 2. The molecule has 1 N–H and O–H groups in total. The Labute approximate surface area is 199 Å². The number of morpholine rings is 1. The minimum atomic E-state index is -3.69. The van der Waals surface area contributed by atoms with Crippen molar-refractivity contribution in [3.05, 3.63) is 87.1 Å². The number of carbonyl (C=O) groups is 1. The third-order valence-electron chi connectivity index (χ3n) is 5.89. The Morgan fingerprint density at radius 2 is 1.85 bits per heavy atom. The quantitative estimate of drug-likeness (QED) is 0.546. The summed E-state index contributed by atoms with van der Waals surface area (Å²) in [4.78, 5) is 14.5. The fourth-order valence-electron chi connectivity index (χ4n) is 3.87. The molecule has 1 aliphatic heterocycles. The first-order chi connectivity index (χ1) is 15.9. The van der Waals surface area contributed by atoms with Crippen molar-refractivity contribution in [1.29, 1.82) is 0 Å². The van der Waals surface area contributed by atoms with Crippen molar-refractivity contribution in [2.45, 2.75) is 31.2 Å². The molecule has 2 aromatic carbocycles. The van der Waals surface area contributed by atoms with Crippen molar-refractivity contribution in [3.63, 3.8) is 0 Å². The molecule has 33 heavy (non-hydrogen) atoms. The molecule has 1 aromatic heterocycles. The first-order valence-electron chi connectivity index (χ1n) is 11.0. The van der Waals surface area contributed by atoms with Gasteiger partial charge in [-0.15, -0.1) is 11.3 Å². The van der Waals surface area contributed by atoms with Gasteiger partial charge in [-0.3, -0.25) is 4.79 Å². The molecular formula is C25H28N2O4S2. The number of amides is 1. The zero-order valence-electron chi connectivity index (χ0n) is 18.8. The first-order valence-corrected chi connectivity index (χ1v) is 13.3. The van der Waals surface area contributed by atoms with Gasteiger partial charge in [0.25, 0.3) is 5.91 Å². The van der Waals surface area contributed by atoms with Crippen LogP contribution in [0.25, 0.3) is 0 Å². The average molecular weight is 485 g/mol. The third kappa shape index (κ3) is 5.19. The van der Waals surface area contributed by atoms with Gasteiger partial charge in [0.15, 0.2) is 0 Å². The van der Waals surface area contributed by atoms with Gasteiger partial charge in [-0.2, -0.15) is 4.31 Å². The number of carbonyl (C=O) groups excluding carboxylic acids is 1. The van der Waals surface area contributed by atoms with E-state index in [2.05, 4.69) is 24.4 Å². The van der Waals surface area contributed by atoms with Gasteiger partial charge < -0.3 is 10.1 Å². The van der Waals surface area contributed by atoms with Crippen LogP contribution in [-0.2, 0) is 21.2 Å². The number of aryl methyl sites for hydroxylation is 2. The maximum atomic E-state index is 13.4. The molecule has 1 aliphatic rings. The highest BCUT2D eigenvalue weighted by molar-refractivity contribution is 7.89. The van der Waals surface area contributed by atoms with Gasteiger partial charge in [0.1, 0.15) is 0 Å². The molecular weight excluding hydrogens is 456 g/mol. The first kappa shape index (κ1) is 23.6. The minimum absolute atomic E-state index is 0.125. The molecule has 1 amide bonds. The Hall–Kier alpha value is -2.52. The molecule has 2 heterocycles. The summed E-state index contributed by atoms with van der Waals surface area (Å²) < 4.78 is 32.9. The Bertz CT molecular complexity index is 1200. The molecule has 8 heteroatoms. The zero-order valence-corrected chi connectivity index (χ0v) is 20.4. The van der Waals surface area contributed by atoms with Crippen molar-refractivity contribution in [1.82, 2.24) is 9.62 Å². The monoisotopic (exact) mass is 484 g/mol. The van der Waals surface area contributed by atoms with Crippen molar-refractivity contribution in [2.75, 3.05) is 26.3 Å². The molecule has 1 unspecified atom stereocenters. The van der Waals surface area contributed by atoms with Gasteiger partial charge in [-0.05, 0) is 53.6 Å². The summed E-state index contributed by atoms with van der Waals surface area (Å²) in [5, 5.41) is 5.11. The van der Waals surface area contributed by atoms with Gasteiger partial charge in [0, 0.05) is 23.5 Å². The molecule has 0 radical (unpaired) electrons. The smallest absolute Gasteiger partial charge is 0.252 e. The largest absolute Gasteiger partial charge is 0.379 e. The fraction of sp³-hybridized carbons (Fsp3) is 0.320. The van der Waals surface area contributed by atoms with Gasteiger partial charge in [0.05, 0.1) is 24.2 Å². The molecule has 6 nitrogen and oxygen atoms in total. The second kappa shape index (κ2) is 10.2. The van der Waals surface area contributed by atoms with E-state index in [-0.39, 0.29) is 16.8 Å². The van der Waals surface area contributed by atoms with Crippen molar-refractivity contribution >= 4 is 27.3 Å². The molecule has 1 fully saturated rings. The second-order valence-electron chi connectivity index (χ2n) is 8.01. The molecule has 0 aliphatic carbocycles. The number of hydrogen-bond donors (Lipinski definition) is 1. The van der Waals surface area contributed by atoms with Crippen molar-refractivity contribution in [2.24, 2.45) is 0 Å². The summed E-state index contributed by atoms with van der Waals surface area (Å²) in [6, 6.07) is 16.6. The number of sulfonamides is 1. The zero-order chi connectivity index (χ0) is 23.4. The van der Waals surface area contributed by atoms with E-state index >= 15 is 0 Å². The number of thiophene rings is 1. The Balaban J connectivity index is 1.64. The van der Waals surface area contributed by atoms with E-state index in [0.717, 1.165) is 22.4 Å². The second-order valence-corrected chi connectivity index (χ2v) is 10.9. The van der Waals surface area contributed by atoms with Crippen LogP contribution in [0.15, 0.2) is 64.9 Å². The van der Waals surface area contributed by atoms with E-state index in [1.807, 2.05) is 36.6 Å². The summed E-state index contributed by atoms with van der Waals surface area (Å²) in [6.45, 7) is 5.29. The van der Waals surface area contributed by atoms with Crippen LogP contribution in [-0.4, -0.2) is 44.9 Å². The predicted octanol–water partition coefficient (Wildman–Crippen LogP) is 4.16. The highest BCUT2D eigenvalue weighted by Crippen LogP contribution is 2.28. The van der Waals surface area contributed by atoms with Crippen LogP contribution in [0.2, 0.25) is 0 Å². The van der Waals surface area contributed by atoms with E-state index in [1.54, 1.807) is 23.5 Å². The topological polar surface area (TPSA) is 75.7 Å². The van der Waals surface area contributed by atoms with Gasteiger partial charge in [-0.1, -0.05) is 43.3 Å². The normalized spacial score (nSPS) is 15.8. The molecule has 0 spiro atoms. The standard InChI is InChI=1S/C25H28N2O4S2/c1-3-19-7-9-20(10-8-19)24(23-5-4-16-32-23)26-25(28)22-17-21(11-6-18(22)2)33(29,30)27-12-14-31-15-13-27/h4-11,16-17,24H,3,12-15H2,1-2H3,(H,26,28). The molecule has 0 saturated carbocycles. The van der Waals surface area contributed by atoms with E-state index in [9.17, 15) is 13.2 Å². The third-order valence-corrected chi connectivity index (χ3v) is 8.72. The van der Waals surface area contributed by atoms with Crippen LogP contribution in [0.3, 0.4) is 0 Å². The number of rotatable bonds is 7. The van der Waals surface area contributed by atoms with E-state index in [1.165, 1.54) is 15.9 Å². The minimum Gasteiger partial charge on any atom is -0.379 e. The lowest BCUT2D eigenvalue weighted by Gasteiger charge is -2.26. The van der Waals surface area contributed by atoms with Crippen molar-refractivity contribution < 1.29 is 17.9 Å². The number of hydrogen-bond acceptors (Lipinski definition) is 5. The summed E-state index contributed by atoms with van der Waals surface area (Å²) in [7, 11) is -3.69. The van der Waals surface area contributed by atoms with Gasteiger partial charge in [0.2, 0.25) is 10.0 Å². The van der Waals surface area contributed by atoms with Crippen LogP contribution in [0.1, 0.15) is 44.9 Å². The van der Waals surface area contributed by atoms with Crippen LogP contribution < -0.4 is 5.32 Å². The lowest BCUT2D eigenvalue weighted by atomic mass is 10.0. The van der Waals surface area contributed by atoms with Crippen LogP contribution >= 0.6 is 11.3 Å². The van der Waals surface area contributed by atoms with Gasteiger partial charge >= 0.3 is 0 Å². The summed E-state index contributed by atoms with van der Waals surface area (Å²) in [6.07, 6.45) is 0.944. The maximum absolute atomic E-state index is 13.4. The summed E-state index contributed by atoms with van der Waals surface area (Å²) >= 11 is 1.57. The maximum Gasteiger partial charge on any atom is 0.252 e. The number of nitrogens with one attached hydrogen (secondary N) is 1. The Morgan fingerprint density at radius 3 is 2.48 bits per heavy atom. The van der Waals surface area contributed by atoms with E-state index < -0.39 is 10.0 Å². The SMILES string of the molecule is CCc1ccc(C(NC(=O)c2cc(S(=O)(=O)N3CCOCC3)ccc2C)c2cccs2)cc1. The number of ether oxygens (including phenoxy) is 1. The molecule has 1 saturated heterocycles. The van der Waals surface area contributed by atoms with Gasteiger partial charge in [-0.25, -0.2) is 8.42 Å². The predicted molar refractivity (Wildman–Crippen MR) is 130 cm³/mol. The van der Waals surface area contributed by atoms with E-state index in [4.69, 9.17) is 4.74 Å². The van der Waals surface area contributed by atoms with E-state index in [0.29, 0.717) is 31.9 Å². The summed E-state index contributed by atoms with van der Waals surface area (Å²) in [5.41, 5.74) is 3.29. The summed E-state index contributed by atoms with van der Waals surface area (Å²) in [5.74, 6) is -0.301. The Kier molecular flexibility index (Phi) is 7.29. The Morgan fingerprint density at radius 1 is 1.12 bits per heavy atom. The van der Waals surface area contributed by atoms with Crippen LogP contribution in [0.4, 0.5) is 0 Å².